The number of carbonyl (C=O) groups excluding carboxylic acids is 1. The molecular weight excluding hydrogens is 262 g/mol. The monoisotopic (exact) mass is 273 g/mol. The van der Waals surface area contributed by atoms with Gasteiger partial charge in [-0.2, -0.15) is 5.10 Å². The highest BCUT2D eigenvalue weighted by atomic mass is 16.4. The molecule has 0 atom stereocenters. The summed E-state index contributed by atoms with van der Waals surface area (Å²) in [6.07, 6.45) is 4.15. The van der Waals surface area contributed by atoms with Gasteiger partial charge in [0.1, 0.15) is 11.5 Å². The van der Waals surface area contributed by atoms with Crippen LogP contribution in [0.5, 0.6) is 0 Å². The second kappa shape index (κ2) is 5.79. The number of nitrogens with zero attached hydrogens (tertiary/aromatic N) is 2. The summed E-state index contributed by atoms with van der Waals surface area (Å²) >= 11 is 0. The quantitative estimate of drug-likeness (QED) is 0.424. The fourth-order valence-electron chi connectivity index (χ4n) is 1.62. The van der Waals surface area contributed by atoms with Crippen molar-refractivity contribution in [1.82, 2.24) is 15.2 Å². The van der Waals surface area contributed by atoms with E-state index in [0.717, 1.165) is 5.69 Å². The number of aliphatic hydroxyl groups is 1. The van der Waals surface area contributed by atoms with Crippen molar-refractivity contribution in [1.29, 1.82) is 0 Å². The summed E-state index contributed by atoms with van der Waals surface area (Å²) in [4.78, 5) is 25.6. The lowest BCUT2D eigenvalue weighted by Gasteiger charge is -2.02. The van der Waals surface area contributed by atoms with Crippen molar-refractivity contribution in [2.24, 2.45) is 0 Å². The van der Waals surface area contributed by atoms with E-state index in [9.17, 15) is 14.7 Å². The number of aliphatic carboxylic acids is 1. The Bertz CT molecular complexity index is 661. The SMILES string of the molecule is O=C(O)C(=O)C=C(O)c1[nH]ncc1Cc1ccccn1. The van der Waals surface area contributed by atoms with Crippen LogP contribution >= 0.6 is 0 Å². The summed E-state index contributed by atoms with van der Waals surface area (Å²) in [7, 11) is 0. The molecule has 0 saturated carbocycles. The lowest BCUT2D eigenvalue weighted by atomic mass is 10.1. The molecule has 7 heteroatoms. The van der Waals surface area contributed by atoms with Gasteiger partial charge < -0.3 is 10.2 Å². The van der Waals surface area contributed by atoms with Crippen LogP contribution in [0, 0.1) is 0 Å². The number of carboxylic acid groups (broad SMARTS) is 1. The Labute approximate surface area is 113 Å². The van der Waals surface area contributed by atoms with Gasteiger partial charge in [0.15, 0.2) is 0 Å². The number of aromatic amines is 1. The Morgan fingerprint density at radius 3 is 2.75 bits per heavy atom. The second-order valence-electron chi connectivity index (χ2n) is 3.97. The minimum atomic E-state index is -1.64. The van der Waals surface area contributed by atoms with Gasteiger partial charge in [-0.1, -0.05) is 6.07 Å². The van der Waals surface area contributed by atoms with Crippen molar-refractivity contribution in [2.45, 2.75) is 6.42 Å². The Balaban J connectivity index is 2.25. The van der Waals surface area contributed by atoms with Crippen molar-refractivity contribution in [3.05, 3.63) is 53.6 Å². The molecule has 0 unspecified atom stereocenters. The zero-order valence-electron chi connectivity index (χ0n) is 10.3. The number of carbonyl (C=O) groups is 2. The molecule has 20 heavy (non-hydrogen) atoms. The Morgan fingerprint density at radius 2 is 2.10 bits per heavy atom. The number of aliphatic hydroxyl groups excluding tert-OH is 1. The Hall–Kier alpha value is -2.96. The largest absolute Gasteiger partial charge is 0.506 e. The highest BCUT2D eigenvalue weighted by Gasteiger charge is 2.15. The van der Waals surface area contributed by atoms with Crippen LogP contribution in [-0.4, -0.2) is 37.1 Å². The maximum Gasteiger partial charge on any atom is 0.376 e. The smallest absolute Gasteiger partial charge is 0.376 e. The van der Waals surface area contributed by atoms with Gasteiger partial charge in [-0.3, -0.25) is 14.9 Å². The predicted octanol–water partition coefficient (Wildman–Crippen LogP) is 0.948. The fourth-order valence-corrected chi connectivity index (χ4v) is 1.62. The van der Waals surface area contributed by atoms with E-state index < -0.39 is 17.5 Å². The first-order valence-corrected chi connectivity index (χ1v) is 5.68. The molecule has 0 fully saturated rings. The van der Waals surface area contributed by atoms with Crippen LogP contribution in [0.4, 0.5) is 0 Å². The summed E-state index contributed by atoms with van der Waals surface area (Å²) < 4.78 is 0. The van der Waals surface area contributed by atoms with Gasteiger partial charge >= 0.3 is 5.97 Å². The first-order valence-electron chi connectivity index (χ1n) is 5.68. The van der Waals surface area contributed by atoms with Crippen molar-refractivity contribution in [2.75, 3.05) is 0 Å². The molecule has 0 aromatic carbocycles. The van der Waals surface area contributed by atoms with Gasteiger partial charge in [-0.05, 0) is 12.1 Å². The van der Waals surface area contributed by atoms with Gasteiger partial charge in [0.2, 0.25) is 0 Å². The number of aromatic nitrogens is 3. The zero-order chi connectivity index (χ0) is 14.5. The fraction of sp³-hybridized carbons (Fsp3) is 0.0769. The number of hydrogen-bond acceptors (Lipinski definition) is 5. The summed E-state index contributed by atoms with van der Waals surface area (Å²) in [5.74, 6) is -3.32. The number of H-pyrrole nitrogens is 1. The van der Waals surface area contributed by atoms with E-state index in [4.69, 9.17) is 5.11 Å². The van der Waals surface area contributed by atoms with Gasteiger partial charge in [0, 0.05) is 30.0 Å². The third-order valence-corrected chi connectivity index (χ3v) is 2.55. The normalized spacial score (nSPS) is 11.3. The molecular formula is C13H11N3O4. The summed E-state index contributed by atoms with van der Waals surface area (Å²) in [6, 6.07) is 5.41. The lowest BCUT2D eigenvalue weighted by molar-refractivity contribution is -0.146. The van der Waals surface area contributed by atoms with Crippen molar-refractivity contribution in [3.8, 4) is 0 Å². The van der Waals surface area contributed by atoms with E-state index in [1.165, 1.54) is 6.20 Å². The third-order valence-electron chi connectivity index (χ3n) is 2.55. The van der Waals surface area contributed by atoms with Crippen LogP contribution in [0.2, 0.25) is 0 Å². The number of pyridine rings is 1. The minimum Gasteiger partial charge on any atom is -0.506 e. The molecule has 0 spiro atoms. The summed E-state index contributed by atoms with van der Waals surface area (Å²) in [5.41, 5.74) is 1.56. The highest BCUT2D eigenvalue weighted by Crippen LogP contribution is 2.16. The molecule has 2 aromatic heterocycles. The van der Waals surface area contributed by atoms with Gasteiger partial charge in [-0.25, -0.2) is 4.79 Å². The van der Waals surface area contributed by atoms with E-state index in [0.29, 0.717) is 18.1 Å². The number of ketones is 1. The van der Waals surface area contributed by atoms with E-state index in [-0.39, 0.29) is 5.69 Å². The summed E-state index contributed by atoms with van der Waals surface area (Å²) in [5, 5.41) is 24.6. The molecule has 3 N–H and O–H groups in total. The zero-order valence-corrected chi connectivity index (χ0v) is 10.3. The van der Waals surface area contributed by atoms with E-state index >= 15 is 0 Å². The number of hydrogen-bond donors (Lipinski definition) is 3. The second-order valence-corrected chi connectivity index (χ2v) is 3.97. The number of carboxylic acids is 1. The average molecular weight is 273 g/mol. The van der Waals surface area contributed by atoms with Gasteiger partial charge in [0.25, 0.3) is 5.78 Å². The topological polar surface area (TPSA) is 116 Å². The molecule has 2 aromatic rings. The molecule has 2 rings (SSSR count). The summed E-state index contributed by atoms with van der Waals surface area (Å²) in [6.45, 7) is 0. The first kappa shape index (κ1) is 13.5. The molecule has 0 saturated heterocycles. The number of nitrogens with one attached hydrogen (secondary N) is 1. The molecule has 0 aliphatic rings. The van der Waals surface area contributed by atoms with Crippen LogP contribution in [0.15, 0.2) is 36.7 Å². The number of rotatable bonds is 5. The van der Waals surface area contributed by atoms with Crippen molar-refractivity contribution in [3.63, 3.8) is 0 Å². The van der Waals surface area contributed by atoms with Crippen LogP contribution in [0.25, 0.3) is 5.76 Å². The molecule has 0 amide bonds. The Morgan fingerprint density at radius 1 is 1.30 bits per heavy atom. The molecule has 2 heterocycles. The molecule has 0 radical (unpaired) electrons. The van der Waals surface area contributed by atoms with Crippen molar-refractivity contribution < 1.29 is 19.8 Å². The molecule has 102 valence electrons. The van der Waals surface area contributed by atoms with Gasteiger partial charge in [0.05, 0.1) is 6.20 Å². The van der Waals surface area contributed by atoms with Crippen LogP contribution in [-0.2, 0) is 16.0 Å². The van der Waals surface area contributed by atoms with Crippen molar-refractivity contribution >= 4 is 17.5 Å². The molecule has 0 aliphatic carbocycles. The van der Waals surface area contributed by atoms with E-state index in [2.05, 4.69) is 15.2 Å². The molecule has 0 aliphatic heterocycles. The standard InChI is InChI=1S/C13H11N3O4/c17-10(6-11(18)13(19)20)12-8(7-15-16-12)5-9-3-1-2-4-14-9/h1-4,6-7,17H,5H2,(H,15,16)(H,19,20). The maximum atomic E-state index is 11.0. The molecule has 7 nitrogen and oxygen atoms in total. The van der Waals surface area contributed by atoms with Crippen LogP contribution < -0.4 is 0 Å². The maximum absolute atomic E-state index is 11.0. The lowest BCUT2D eigenvalue weighted by Crippen LogP contribution is -2.10. The third kappa shape index (κ3) is 3.08. The minimum absolute atomic E-state index is 0.199. The van der Waals surface area contributed by atoms with Gasteiger partial charge in [-0.15, -0.1) is 0 Å². The molecule has 0 bridgehead atoms. The highest BCUT2D eigenvalue weighted by molar-refractivity contribution is 6.38. The van der Waals surface area contributed by atoms with E-state index in [1.807, 2.05) is 6.07 Å². The van der Waals surface area contributed by atoms with E-state index in [1.54, 1.807) is 18.3 Å². The predicted molar refractivity (Wildman–Crippen MR) is 68.9 cm³/mol. The average Bonchev–Trinajstić information content (AvgIpc) is 2.88. The first-order chi connectivity index (χ1) is 9.58. The Kier molecular flexibility index (Phi) is 3.90. The van der Waals surface area contributed by atoms with Crippen LogP contribution in [0.1, 0.15) is 17.0 Å². The van der Waals surface area contributed by atoms with Crippen LogP contribution in [0.3, 0.4) is 0 Å².